The molecule has 2 nitrogen and oxygen atoms in total. The fraction of sp³-hybridized carbons (Fsp3) is 0.438. The SMILES string of the molecule is CNC(c1ccc2ncccc2c1)C1CC1(C)C. The van der Waals surface area contributed by atoms with Gasteiger partial charge in [0.05, 0.1) is 5.52 Å². The highest BCUT2D eigenvalue weighted by atomic mass is 14.9. The summed E-state index contributed by atoms with van der Waals surface area (Å²) in [6.45, 7) is 4.70. The van der Waals surface area contributed by atoms with Crippen LogP contribution in [0.5, 0.6) is 0 Å². The number of pyridine rings is 1. The predicted octanol–water partition coefficient (Wildman–Crippen LogP) is 3.54. The van der Waals surface area contributed by atoms with Gasteiger partial charge >= 0.3 is 0 Å². The smallest absolute Gasteiger partial charge is 0.0702 e. The molecule has 3 rings (SSSR count). The second kappa shape index (κ2) is 4.06. The number of rotatable bonds is 3. The third kappa shape index (κ3) is 1.91. The number of hydrogen-bond donors (Lipinski definition) is 1. The fourth-order valence-corrected chi connectivity index (χ4v) is 2.96. The first-order valence-corrected chi connectivity index (χ1v) is 6.64. The topological polar surface area (TPSA) is 24.9 Å². The molecule has 2 atom stereocenters. The van der Waals surface area contributed by atoms with E-state index in [1.165, 1.54) is 17.4 Å². The van der Waals surface area contributed by atoms with E-state index in [4.69, 9.17) is 0 Å². The summed E-state index contributed by atoms with van der Waals surface area (Å²) in [4.78, 5) is 4.38. The van der Waals surface area contributed by atoms with Crippen molar-refractivity contribution in [3.63, 3.8) is 0 Å². The molecule has 0 saturated heterocycles. The van der Waals surface area contributed by atoms with Gasteiger partial charge in [-0.3, -0.25) is 4.98 Å². The van der Waals surface area contributed by atoms with Gasteiger partial charge in [0.2, 0.25) is 0 Å². The van der Waals surface area contributed by atoms with E-state index in [-0.39, 0.29) is 0 Å². The molecule has 1 aromatic heterocycles. The second-order valence-electron chi connectivity index (χ2n) is 6.02. The molecule has 1 fully saturated rings. The summed E-state index contributed by atoms with van der Waals surface area (Å²) in [5, 5.41) is 4.71. The molecule has 1 N–H and O–H groups in total. The van der Waals surface area contributed by atoms with Crippen molar-refractivity contribution in [3.8, 4) is 0 Å². The van der Waals surface area contributed by atoms with Crippen LogP contribution in [-0.2, 0) is 0 Å². The van der Waals surface area contributed by atoms with E-state index in [9.17, 15) is 0 Å². The van der Waals surface area contributed by atoms with Crippen LogP contribution in [0.3, 0.4) is 0 Å². The standard InChI is InChI=1S/C16H20N2/c1-16(2)10-13(16)15(17-3)12-6-7-14-11(9-12)5-4-8-18-14/h4-9,13,15,17H,10H2,1-3H3. The van der Waals surface area contributed by atoms with E-state index in [2.05, 4.69) is 55.5 Å². The Hall–Kier alpha value is -1.41. The van der Waals surface area contributed by atoms with Crippen LogP contribution in [0.15, 0.2) is 36.5 Å². The average Bonchev–Trinajstić information content (AvgIpc) is 2.99. The highest BCUT2D eigenvalue weighted by Gasteiger charge is 2.49. The van der Waals surface area contributed by atoms with E-state index in [1.807, 2.05) is 12.3 Å². The van der Waals surface area contributed by atoms with Gasteiger partial charge in [-0.05, 0) is 48.6 Å². The number of fused-ring (bicyclic) bond motifs is 1. The van der Waals surface area contributed by atoms with Crippen LogP contribution in [0.2, 0.25) is 0 Å². The lowest BCUT2D eigenvalue weighted by Gasteiger charge is -2.19. The Morgan fingerprint density at radius 2 is 2.11 bits per heavy atom. The molecule has 2 heteroatoms. The Kier molecular flexibility index (Phi) is 2.63. The molecule has 2 aromatic rings. The highest BCUT2D eigenvalue weighted by Crippen LogP contribution is 2.57. The third-order valence-electron chi connectivity index (χ3n) is 4.29. The molecular formula is C16H20N2. The van der Waals surface area contributed by atoms with Crippen LogP contribution in [0.4, 0.5) is 0 Å². The molecule has 0 bridgehead atoms. The van der Waals surface area contributed by atoms with Crippen molar-refractivity contribution < 1.29 is 0 Å². The van der Waals surface area contributed by atoms with Gasteiger partial charge in [-0.25, -0.2) is 0 Å². The van der Waals surface area contributed by atoms with Crippen molar-refractivity contribution in [3.05, 3.63) is 42.1 Å². The molecule has 1 saturated carbocycles. The Balaban J connectivity index is 1.98. The normalized spacial score (nSPS) is 22.9. The zero-order chi connectivity index (χ0) is 12.8. The molecular weight excluding hydrogens is 220 g/mol. The second-order valence-corrected chi connectivity index (χ2v) is 6.02. The van der Waals surface area contributed by atoms with Crippen LogP contribution in [0.25, 0.3) is 10.9 Å². The van der Waals surface area contributed by atoms with Crippen molar-refractivity contribution in [2.45, 2.75) is 26.3 Å². The zero-order valence-corrected chi connectivity index (χ0v) is 11.3. The molecule has 2 unspecified atom stereocenters. The number of aromatic nitrogens is 1. The minimum Gasteiger partial charge on any atom is -0.313 e. The fourth-order valence-electron chi connectivity index (χ4n) is 2.96. The van der Waals surface area contributed by atoms with Crippen molar-refractivity contribution in [2.24, 2.45) is 11.3 Å². The Labute approximate surface area is 108 Å². The van der Waals surface area contributed by atoms with Crippen LogP contribution in [0, 0.1) is 11.3 Å². The van der Waals surface area contributed by atoms with Gasteiger partial charge in [0.15, 0.2) is 0 Å². The molecule has 1 heterocycles. The molecule has 0 amide bonds. The Bertz CT molecular complexity index is 574. The molecule has 0 radical (unpaired) electrons. The lowest BCUT2D eigenvalue weighted by atomic mass is 9.96. The first-order chi connectivity index (χ1) is 8.62. The van der Waals surface area contributed by atoms with E-state index in [0.29, 0.717) is 11.5 Å². The van der Waals surface area contributed by atoms with Crippen molar-refractivity contribution in [1.29, 1.82) is 0 Å². The maximum Gasteiger partial charge on any atom is 0.0702 e. The summed E-state index contributed by atoms with van der Waals surface area (Å²) in [6, 6.07) is 11.2. The summed E-state index contributed by atoms with van der Waals surface area (Å²) in [5.74, 6) is 0.747. The summed E-state index contributed by atoms with van der Waals surface area (Å²) in [6.07, 6.45) is 3.16. The first-order valence-electron chi connectivity index (χ1n) is 6.64. The minimum absolute atomic E-state index is 0.463. The van der Waals surface area contributed by atoms with Gasteiger partial charge in [0.1, 0.15) is 0 Å². The van der Waals surface area contributed by atoms with Gasteiger partial charge in [0.25, 0.3) is 0 Å². The summed E-state index contributed by atoms with van der Waals surface area (Å²) in [7, 11) is 2.06. The van der Waals surface area contributed by atoms with Crippen molar-refractivity contribution in [2.75, 3.05) is 7.05 Å². The van der Waals surface area contributed by atoms with Gasteiger partial charge in [-0.1, -0.05) is 26.0 Å². The van der Waals surface area contributed by atoms with E-state index >= 15 is 0 Å². The quantitative estimate of drug-likeness (QED) is 0.887. The summed E-state index contributed by atoms with van der Waals surface area (Å²) in [5.41, 5.74) is 2.94. The molecule has 1 aliphatic rings. The Morgan fingerprint density at radius 1 is 1.33 bits per heavy atom. The maximum absolute atomic E-state index is 4.38. The highest BCUT2D eigenvalue weighted by molar-refractivity contribution is 5.79. The lowest BCUT2D eigenvalue weighted by Crippen LogP contribution is -2.20. The maximum atomic E-state index is 4.38. The van der Waals surface area contributed by atoms with Gasteiger partial charge in [-0.2, -0.15) is 0 Å². The first kappa shape index (κ1) is 11.7. The third-order valence-corrected chi connectivity index (χ3v) is 4.29. The molecule has 1 aromatic carbocycles. The number of nitrogens with zero attached hydrogens (tertiary/aromatic N) is 1. The van der Waals surface area contributed by atoms with E-state index in [1.54, 1.807) is 0 Å². The van der Waals surface area contributed by atoms with Crippen LogP contribution in [0.1, 0.15) is 31.9 Å². The summed E-state index contributed by atoms with van der Waals surface area (Å²) < 4.78 is 0. The molecule has 0 aliphatic heterocycles. The number of nitrogens with one attached hydrogen (secondary N) is 1. The number of hydrogen-bond acceptors (Lipinski definition) is 2. The van der Waals surface area contributed by atoms with Gasteiger partial charge in [0, 0.05) is 17.6 Å². The van der Waals surface area contributed by atoms with Crippen LogP contribution >= 0.6 is 0 Å². The van der Waals surface area contributed by atoms with Crippen molar-refractivity contribution in [1.82, 2.24) is 10.3 Å². The summed E-state index contributed by atoms with van der Waals surface area (Å²) >= 11 is 0. The molecule has 1 aliphatic carbocycles. The lowest BCUT2D eigenvalue weighted by molar-refractivity contribution is 0.441. The largest absolute Gasteiger partial charge is 0.313 e. The minimum atomic E-state index is 0.463. The Morgan fingerprint density at radius 3 is 2.78 bits per heavy atom. The van der Waals surface area contributed by atoms with Crippen molar-refractivity contribution >= 4 is 10.9 Å². The average molecular weight is 240 g/mol. The van der Waals surface area contributed by atoms with Gasteiger partial charge < -0.3 is 5.32 Å². The van der Waals surface area contributed by atoms with Crippen LogP contribution in [-0.4, -0.2) is 12.0 Å². The van der Waals surface area contributed by atoms with Crippen LogP contribution < -0.4 is 5.32 Å². The predicted molar refractivity (Wildman–Crippen MR) is 75.4 cm³/mol. The zero-order valence-electron chi connectivity index (χ0n) is 11.3. The van der Waals surface area contributed by atoms with E-state index < -0.39 is 0 Å². The molecule has 0 spiro atoms. The van der Waals surface area contributed by atoms with E-state index in [0.717, 1.165) is 11.4 Å². The molecule has 94 valence electrons. The monoisotopic (exact) mass is 240 g/mol. The number of benzene rings is 1. The molecule has 18 heavy (non-hydrogen) atoms. The van der Waals surface area contributed by atoms with Gasteiger partial charge in [-0.15, -0.1) is 0 Å².